The number of fused-ring (bicyclic) bond motifs is 2. The monoisotopic (exact) mass is 443 g/mol. The molecular weight excluding hydrogens is 418 g/mol. The summed E-state index contributed by atoms with van der Waals surface area (Å²) < 4.78 is 0. The van der Waals surface area contributed by atoms with Crippen LogP contribution >= 0.6 is 11.8 Å². The SMILES string of the molecule is O=C(NN1CCCCCC1)c1ccc2c(c1)N=C(c1cccc(O)c1)c1ccccc1S2. The van der Waals surface area contributed by atoms with Crippen LogP contribution in [0.25, 0.3) is 0 Å². The maximum absolute atomic E-state index is 13.0. The maximum Gasteiger partial charge on any atom is 0.265 e. The number of benzene rings is 3. The second kappa shape index (κ2) is 9.18. The van der Waals surface area contributed by atoms with Crippen LogP contribution in [0.15, 0.2) is 81.5 Å². The number of aromatic hydroxyl groups is 1. The Morgan fingerprint density at radius 1 is 0.906 bits per heavy atom. The molecule has 0 bridgehead atoms. The standard InChI is InChI=1S/C26H25N3O2S/c30-20-9-7-8-18(16-20)25-21-10-3-4-11-23(21)32-24-13-12-19(17-22(24)27-25)26(31)28-29-14-5-1-2-6-15-29/h3-4,7-13,16-17,30H,1-2,5-6,14-15H2,(H,28,31). The van der Waals surface area contributed by atoms with Gasteiger partial charge in [0.05, 0.1) is 11.4 Å². The zero-order chi connectivity index (χ0) is 21.9. The van der Waals surface area contributed by atoms with Gasteiger partial charge in [0.2, 0.25) is 0 Å². The molecular formula is C26H25N3O2S. The van der Waals surface area contributed by atoms with Crippen LogP contribution in [-0.2, 0) is 0 Å². The van der Waals surface area contributed by atoms with Crippen LogP contribution in [0.4, 0.5) is 5.69 Å². The number of hydrazine groups is 1. The van der Waals surface area contributed by atoms with E-state index in [1.165, 1.54) is 12.8 Å². The van der Waals surface area contributed by atoms with E-state index in [1.807, 2.05) is 53.5 Å². The first-order valence-corrected chi connectivity index (χ1v) is 11.8. The summed E-state index contributed by atoms with van der Waals surface area (Å²) in [7, 11) is 0. The van der Waals surface area contributed by atoms with Gasteiger partial charge in [-0.1, -0.05) is 54.9 Å². The van der Waals surface area contributed by atoms with Gasteiger partial charge in [-0.25, -0.2) is 10.0 Å². The maximum atomic E-state index is 13.0. The Bertz CT molecular complexity index is 1180. The van der Waals surface area contributed by atoms with E-state index in [-0.39, 0.29) is 11.7 Å². The summed E-state index contributed by atoms with van der Waals surface area (Å²) >= 11 is 1.65. The summed E-state index contributed by atoms with van der Waals surface area (Å²) in [6, 6.07) is 21.0. The molecule has 32 heavy (non-hydrogen) atoms. The normalized spacial score (nSPS) is 16.2. The van der Waals surface area contributed by atoms with Crippen molar-refractivity contribution < 1.29 is 9.90 Å². The average molecular weight is 444 g/mol. The van der Waals surface area contributed by atoms with Crippen LogP contribution in [-0.4, -0.2) is 34.8 Å². The highest BCUT2D eigenvalue weighted by atomic mass is 32.2. The molecule has 0 atom stereocenters. The molecule has 0 aromatic heterocycles. The van der Waals surface area contributed by atoms with E-state index in [2.05, 4.69) is 11.5 Å². The number of carbonyl (C=O) groups excluding carboxylic acids is 1. The molecule has 162 valence electrons. The van der Waals surface area contributed by atoms with Gasteiger partial charge in [0.15, 0.2) is 0 Å². The summed E-state index contributed by atoms with van der Waals surface area (Å²) in [6.45, 7) is 1.78. The van der Waals surface area contributed by atoms with Crippen molar-refractivity contribution in [2.45, 2.75) is 35.5 Å². The molecule has 1 amide bonds. The molecule has 0 radical (unpaired) electrons. The number of nitrogens with one attached hydrogen (secondary N) is 1. The van der Waals surface area contributed by atoms with Crippen LogP contribution in [0.3, 0.4) is 0 Å². The van der Waals surface area contributed by atoms with E-state index >= 15 is 0 Å². The van der Waals surface area contributed by atoms with E-state index in [0.717, 1.165) is 58.2 Å². The number of rotatable bonds is 3. The molecule has 5 rings (SSSR count). The van der Waals surface area contributed by atoms with Gasteiger partial charge in [0.25, 0.3) is 5.91 Å². The quantitative estimate of drug-likeness (QED) is 0.436. The summed E-state index contributed by atoms with van der Waals surface area (Å²) in [5.41, 5.74) is 7.06. The van der Waals surface area contributed by atoms with Crippen molar-refractivity contribution in [1.82, 2.24) is 10.4 Å². The highest BCUT2D eigenvalue weighted by molar-refractivity contribution is 7.99. The molecule has 2 N–H and O–H groups in total. The fourth-order valence-electron chi connectivity index (χ4n) is 4.15. The lowest BCUT2D eigenvalue weighted by molar-refractivity contribution is 0.0794. The Hall–Kier alpha value is -3.09. The third-order valence-corrected chi connectivity index (χ3v) is 6.94. The molecule has 2 heterocycles. The van der Waals surface area contributed by atoms with Gasteiger partial charge in [-0.15, -0.1) is 0 Å². The molecule has 1 fully saturated rings. The number of hydrogen-bond acceptors (Lipinski definition) is 5. The zero-order valence-electron chi connectivity index (χ0n) is 17.8. The molecule has 0 saturated carbocycles. The second-order valence-electron chi connectivity index (χ2n) is 8.13. The molecule has 0 unspecified atom stereocenters. The zero-order valence-corrected chi connectivity index (χ0v) is 18.6. The van der Waals surface area contributed by atoms with Gasteiger partial charge < -0.3 is 5.11 Å². The highest BCUT2D eigenvalue weighted by Crippen LogP contribution is 2.41. The van der Waals surface area contributed by atoms with Gasteiger partial charge in [-0.2, -0.15) is 0 Å². The second-order valence-corrected chi connectivity index (χ2v) is 9.22. The predicted molar refractivity (Wildman–Crippen MR) is 128 cm³/mol. The first-order chi connectivity index (χ1) is 15.7. The lowest BCUT2D eigenvalue weighted by atomic mass is 10.0. The number of phenolic OH excluding ortho intramolecular Hbond substituents is 1. The lowest BCUT2D eigenvalue weighted by Gasteiger charge is -2.21. The van der Waals surface area contributed by atoms with E-state index in [1.54, 1.807) is 23.9 Å². The van der Waals surface area contributed by atoms with Crippen molar-refractivity contribution in [3.8, 4) is 5.75 Å². The number of nitrogens with zero attached hydrogens (tertiary/aromatic N) is 2. The van der Waals surface area contributed by atoms with Crippen molar-refractivity contribution >= 4 is 29.1 Å². The lowest BCUT2D eigenvalue weighted by Crippen LogP contribution is -2.42. The number of aliphatic imine (C=N–C) groups is 1. The van der Waals surface area contributed by atoms with Crippen LogP contribution in [0.2, 0.25) is 0 Å². The van der Waals surface area contributed by atoms with Crippen molar-refractivity contribution in [2.75, 3.05) is 13.1 Å². The summed E-state index contributed by atoms with van der Waals surface area (Å²) in [5.74, 6) is 0.0981. The Morgan fingerprint density at radius 2 is 1.72 bits per heavy atom. The first-order valence-electron chi connectivity index (χ1n) is 11.0. The van der Waals surface area contributed by atoms with Crippen LogP contribution in [0, 0.1) is 0 Å². The van der Waals surface area contributed by atoms with Gasteiger partial charge in [-0.05, 0) is 49.2 Å². The fourth-order valence-corrected chi connectivity index (χ4v) is 5.15. The van der Waals surface area contributed by atoms with Gasteiger partial charge in [0.1, 0.15) is 5.75 Å². The number of amides is 1. The predicted octanol–water partition coefficient (Wildman–Crippen LogP) is 5.55. The third-order valence-electron chi connectivity index (χ3n) is 5.80. The molecule has 2 aliphatic heterocycles. The van der Waals surface area contributed by atoms with E-state index in [4.69, 9.17) is 4.99 Å². The van der Waals surface area contributed by atoms with Crippen LogP contribution in [0.1, 0.15) is 47.2 Å². The molecule has 0 spiro atoms. The average Bonchev–Trinajstić information content (AvgIpc) is 3.15. The molecule has 0 aliphatic carbocycles. The first kappa shape index (κ1) is 20.8. The Balaban J connectivity index is 1.52. The minimum absolute atomic E-state index is 0.101. The Morgan fingerprint density at radius 3 is 2.53 bits per heavy atom. The number of hydrogen-bond donors (Lipinski definition) is 2. The smallest absolute Gasteiger partial charge is 0.265 e. The molecule has 3 aromatic carbocycles. The van der Waals surface area contributed by atoms with Crippen LogP contribution in [0.5, 0.6) is 5.75 Å². The van der Waals surface area contributed by atoms with E-state index in [9.17, 15) is 9.90 Å². The molecule has 5 nitrogen and oxygen atoms in total. The topological polar surface area (TPSA) is 64.9 Å². The van der Waals surface area contributed by atoms with Gasteiger partial charge >= 0.3 is 0 Å². The van der Waals surface area contributed by atoms with Crippen molar-refractivity contribution in [2.24, 2.45) is 4.99 Å². The summed E-state index contributed by atoms with van der Waals surface area (Å²) in [5, 5.41) is 12.1. The Labute approximate surface area is 192 Å². The van der Waals surface area contributed by atoms with Crippen LogP contribution < -0.4 is 5.43 Å². The molecule has 3 aromatic rings. The van der Waals surface area contributed by atoms with Gasteiger partial charge in [0, 0.05) is 39.6 Å². The molecule has 2 aliphatic rings. The summed E-state index contributed by atoms with van der Waals surface area (Å²) in [4.78, 5) is 20.0. The summed E-state index contributed by atoms with van der Waals surface area (Å²) in [6.07, 6.45) is 4.65. The minimum atomic E-state index is -0.101. The number of carbonyl (C=O) groups is 1. The van der Waals surface area contributed by atoms with E-state index in [0.29, 0.717) is 5.56 Å². The third kappa shape index (κ3) is 4.42. The number of phenols is 1. The largest absolute Gasteiger partial charge is 0.508 e. The minimum Gasteiger partial charge on any atom is -0.508 e. The fraction of sp³-hybridized carbons (Fsp3) is 0.231. The molecule has 1 saturated heterocycles. The van der Waals surface area contributed by atoms with Gasteiger partial charge in [-0.3, -0.25) is 10.2 Å². The molecule has 6 heteroatoms. The van der Waals surface area contributed by atoms with E-state index < -0.39 is 0 Å². The van der Waals surface area contributed by atoms with Crippen molar-refractivity contribution in [1.29, 1.82) is 0 Å². The van der Waals surface area contributed by atoms with Crippen molar-refractivity contribution in [3.63, 3.8) is 0 Å². The van der Waals surface area contributed by atoms with Crippen molar-refractivity contribution in [3.05, 3.63) is 83.4 Å². The highest BCUT2D eigenvalue weighted by Gasteiger charge is 2.21. The Kier molecular flexibility index (Phi) is 5.97.